The lowest BCUT2D eigenvalue weighted by Crippen LogP contribution is -2.66. The van der Waals surface area contributed by atoms with Gasteiger partial charge in [0.1, 0.15) is 11.9 Å². The van der Waals surface area contributed by atoms with E-state index >= 15 is 0 Å². The van der Waals surface area contributed by atoms with E-state index in [2.05, 4.69) is 53.4 Å². The molecule has 0 aromatic heterocycles. The van der Waals surface area contributed by atoms with E-state index < -0.39 is 17.4 Å². The third-order valence-electron chi connectivity index (χ3n) is 16.3. The van der Waals surface area contributed by atoms with Crippen LogP contribution in [-0.2, 0) is 19.1 Å². The molecule has 1 aromatic rings. The minimum Gasteiger partial charge on any atom is -0.481 e. The number of carboxylic acid groups (broad SMARTS) is 1. The van der Waals surface area contributed by atoms with Crippen molar-refractivity contribution in [2.24, 2.45) is 62.1 Å². The normalized spacial score (nSPS) is 40.3. The second kappa shape index (κ2) is 12.5. The molecule has 0 saturated heterocycles. The average molecular weight is 692 g/mol. The molecule has 0 radical (unpaired) electrons. The average Bonchev–Trinajstić information content (AvgIpc) is 3.39. The molecule has 1 amide bonds. The van der Waals surface area contributed by atoms with Gasteiger partial charge in [0.25, 0.3) is 0 Å². The number of halogens is 1. The Hall–Kier alpha value is -2.70. The molecule has 0 spiro atoms. The van der Waals surface area contributed by atoms with Crippen molar-refractivity contribution in [1.29, 1.82) is 0 Å². The van der Waals surface area contributed by atoms with Gasteiger partial charge in [0.2, 0.25) is 5.91 Å². The highest BCUT2D eigenvalue weighted by molar-refractivity contribution is 5.91. The Labute approximate surface area is 299 Å². The van der Waals surface area contributed by atoms with Crippen molar-refractivity contribution in [2.75, 3.05) is 5.32 Å². The van der Waals surface area contributed by atoms with E-state index in [9.17, 15) is 23.9 Å². The van der Waals surface area contributed by atoms with Gasteiger partial charge in [-0.05, 0) is 160 Å². The lowest BCUT2D eigenvalue weighted by molar-refractivity contribution is -0.250. The van der Waals surface area contributed by atoms with Crippen LogP contribution in [0, 0.1) is 67.9 Å². The molecule has 5 fully saturated rings. The van der Waals surface area contributed by atoms with Crippen molar-refractivity contribution in [3.05, 3.63) is 42.2 Å². The van der Waals surface area contributed by atoms with Gasteiger partial charge in [0.15, 0.2) is 0 Å². The molecule has 0 bridgehead atoms. The Morgan fingerprint density at radius 2 is 1.58 bits per heavy atom. The number of carbonyl (C=O) groups excluding carboxylic acids is 2. The number of ether oxygens (including phenoxy) is 1. The molecule has 0 aliphatic heterocycles. The summed E-state index contributed by atoms with van der Waals surface area (Å²) in [5.41, 5.74) is 0.875. The maximum atomic E-state index is 13.7. The largest absolute Gasteiger partial charge is 0.481 e. The maximum absolute atomic E-state index is 13.7. The Balaban J connectivity index is 1.24. The fourth-order valence-corrected chi connectivity index (χ4v) is 13.5. The van der Waals surface area contributed by atoms with Gasteiger partial charge in [-0.25, -0.2) is 4.39 Å². The summed E-state index contributed by atoms with van der Waals surface area (Å²) >= 11 is 0. The zero-order valence-corrected chi connectivity index (χ0v) is 31.9. The van der Waals surface area contributed by atoms with Crippen LogP contribution in [0.15, 0.2) is 36.4 Å². The summed E-state index contributed by atoms with van der Waals surface area (Å²) in [6, 6.07) is 6.08. The van der Waals surface area contributed by atoms with Crippen LogP contribution in [0.1, 0.15) is 132 Å². The number of rotatable bonds is 8. The van der Waals surface area contributed by atoms with Crippen LogP contribution in [-0.4, -0.2) is 29.1 Å². The first-order chi connectivity index (χ1) is 23.2. The van der Waals surface area contributed by atoms with E-state index in [0.717, 1.165) is 57.8 Å². The molecule has 5 saturated carbocycles. The van der Waals surface area contributed by atoms with E-state index in [-0.39, 0.29) is 51.3 Å². The fraction of sp³-hybridized carbons (Fsp3) is 0.744. The predicted molar refractivity (Wildman–Crippen MR) is 195 cm³/mol. The molecule has 2 N–H and O–H groups in total. The molecule has 6 nitrogen and oxygen atoms in total. The van der Waals surface area contributed by atoms with Crippen LogP contribution >= 0.6 is 0 Å². The molecule has 6 rings (SSSR count). The van der Waals surface area contributed by atoms with Crippen LogP contribution in [0.4, 0.5) is 10.1 Å². The lowest BCUT2D eigenvalue weighted by Gasteiger charge is -2.73. The number of hydrogen-bond acceptors (Lipinski definition) is 4. The zero-order chi connectivity index (χ0) is 36.7. The number of hydrogen-bond donors (Lipinski definition) is 2. The van der Waals surface area contributed by atoms with Crippen LogP contribution in [0.2, 0.25) is 0 Å². The summed E-state index contributed by atoms with van der Waals surface area (Å²) in [7, 11) is 0. The van der Waals surface area contributed by atoms with Crippen molar-refractivity contribution >= 4 is 23.5 Å². The Kier molecular flexibility index (Phi) is 9.24. The molecule has 1 aromatic carbocycles. The highest BCUT2D eigenvalue weighted by Crippen LogP contribution is 2.78. The SMILES string of the molecule is C=C(C)[C@@H]1CC[C@]2(CC(=O)Nc3ccc(F)cc3)CC[C@]3(C)[C@H](CC[C@@H]4[C@@]5(C)CC[C@H](OC(=O)CC(C)(C)C(=O)O)C(C)(C)[C@@H]5CC[C@]43C)[C@@H]12. The molecule has 50 heavy (non-hydrogen) atoms. The summed E-state index contributed by atoms with van der Waals surface area (Å²) in [5.74, 6) is 0.639. The maximum Gasteiger partial charge on any atom is 0.309 e. The number of anilines is 1. The fourth-order valence-electron chi connectivity index (χ4n) is 13.5. The summed E-state index contributed by atoms with van der Waals surface area (Å²) in [6.45, 7) is 22.2. The number of carbonyl (C=O) groups is 3. The van der Waals surface area contributed by atoms with Crippen molar-refractivity contribution in [1.82, 2.24) is 0 Å². The number of benzene rings is 1. The van der Waals surface area contributed by atoms with Crippen molar-refractivity contribution < 1.29 is 28.6 Å². The Bertz CT molecular complexity index is 1530. The smallest absolute Gasteiger partial charge is 0.309 e. The minimum absolute atomic E-state index is 0.0340. The van der Waals surface area contributed by atoms with Crippen molar-refractivity contribution in [3.8, 4) is 0 Å². The van der Waals surface area contributed by atoms with Crippen LogP contribution in [0.3, 0.4) is 0 Å². The number of nitrogens with one attached hydrogen (secondary N) is 1. The van der Waals surface area contributed by atoms with Crippen molar-refractivity contribution in [3.63, 3.8) is 0 Å². The van der Waals surface area contributed by atoms with Gasteiger partial charge in [0, 0.05) is 17.5 Å². The zero-order valence-electron chi connectivity index (χ0n) is 31.9. The molecule has 276 valence electrons. The van der Waals surface area contributed by atoms with Crippen molar-refractivity contribution in [2.45, 2.75) is 139 Å². The molecule has 0 heterocycles. The first-order valence-corrected chi connectivity index (χ1v) is 19.3. The predicted octanol–water partition coefficient (Wildman–Crippen LogP) is 10.2. The van der Waals surface area contributed by atoms with Gasteiger partial charge in [-0.1, -0.05) is 46.8 Å². The Morgan fingerprint density at radius 3 is 2.22 bits per heavy atom. The molecule has 5 aliphatic carbocycles. The lowest BCUT2D eigenvalue weighted by atomic mass is 9.32. The minimum atomic E-state index is -1.16. The van der Waals surface area contributed by atoms with Gasteiger partial charge < -0.3 is 15.2 Å². The third kappa shape index (κ3) is 5.75. The summed E-state index contributed by atoms with van der Waals surface area (Å²) in [6.07, 6.45) is 10.9. The third-order valence-corrected chi connectivity index (χ3v) is 16.3. The quantitative estimate of drug-likeness (QED) is 0.209. The number of allylic oxidation sites excluding steroid dienone is 1. The molecular weight excluding hydrogens is 629 g/mol. The number of fused-ring (bicyclic) bond motifs is 7. The molecule has 10 atom stereocenters. The number of amides is 1. The van der Waals surface area contributed by atoms with Crippen LogP contribution in [0.25, 0.3) is 0 Å². The molecule has 7 heteroatoms. The highest BCUT2D eigenvalue weighted by Gasteiger charge is 2.71. The Morgan fingerprint density at radius 1 is 0.900 bits per heavy atom. The number of carboxylic acids is 1. The molecular formula is C43H62FNO5. The van der Waals surface area contributed by atoms with E-state index in [4.69, 9.17) is 4.74 Å². The molecule has 5 aliphatic rings. The second-order valence-corrected chi connectivity index (χ2v) is 19.5. The van der Waals surface area contributed by atoms with E-state index in [1.54, 1.807) is 26.0 Å². The molecule has 0 unspecified atom stereocenters. The second-order valence-electron chi connectivity index (χ2n) is 19.5. The monoisotopic (exact) mass is 691 g/mol. The standard InChI is InChI=1S/C43H62FNO5/c1-26(2)29-16-21-43(24-34(46)45-28-12-10-27(44)11-13-28)23-22-41(8)30(36(29)43)14-15-32-40(7)19-18-33(50-35(47)25-38(3,4)37(48)49)39(5,6)31(40)17-20-42(32,41)9/h10-13,29-33,36H,1,14-25H2,2-9H3,(H,45,46)(H,48,49)/t29-,30+,31-,32+,33-,36+,40-,41+,42+,43+/m0/s1. The van der Waals surface area contributed by atoms with Crippen LogP contribution < -0.4 is 5.32 Å². The first kappa shape index (κ1) is 37.1. The highest BCUT2D eigenvalue weighted by atomic mass is 19.1. The van der Waals surface area contributed by atoms with Gasteiger partial charge in [-0.15, -0.1) is 0 Å². The first-order valence-electron chi connectivity index (χ1n) is 19.3. The van der Waals surface area contributed by atoms with Gasteiger partial charge in [-0.3, -0.25) is 14.4 Å². The number of aliphatic carboxylic acids is 1. The summed E-state index contributed by atoms with van der Waals surface area (Å²) in [5, 5.41) is 12.7. The van der Waals surface area contributed by atoms with E-state index in [1.807, 2.05) is 0 Å². The van der Waals surface area contributed by atoms with E-state index in [0.29, 0.717) is 41.7 Å². The number of esters is 1. The topological polar surface area (TPSA) is 92.7 Å². The summed E-state index contributed by atoms with van der Waals surface area (Å²) < 4.78 is 19.7. The van der Waals surface area contributed by atoms with Gasteiger partial charge >= 0.3 is 11.9 Å². The van der Waals surface area contributed by atoms with Gasteiger partial charge in [-0.2, -0.15) is 0 Å². The summed E-state index contributed by atoms with van der Waals surface area (Å²) in [4.78, 5) is 38.5. The van der Waals surface area contributed by atoms with Gasteiger partial charge in [0.05, 0.1) is 11.8 Å². The van der Waals surface area contributed by atoms with E-state index in [1.165, 1.54) is 24.1 Å². The van der Waals surface area contributed by atoms with Crippen LogP contribution in [0.5, 0.6) is 0 Å².